The summed E-state index contributed by atoms with van der Waals surface area (Å²) in [4.78, 5) is 30.9. The molecule has 0 aliphatic rings. The van der Waals surface area contributed by atoms with Crippen molar-refractivity contribution < 1.29 is 34.9 Å². The van der Waals surface area contributed by atoms with Crippen LogP contribution in [-0.2, 0) is 9.59 Å². The van der Waals surface area contributed by atoms with Crippen LogP contribution >= 0.6 is 0 Å². The van der Waals surface area contributed by atoms with E-state index in [4.69, 9.17) is 26.2 Å². The summed E-state index contributed by atoms with van der Waals surface area (Å²) >= 11 is 0. The SMILES string of the molecule is C.CC(C(=O)O)c1ccc(O)c(N)c1.CC(C(=O)O)c1ccc(O)c([N+](=O)[O-])c1. The van der Waals surface area contributed by atoms with Gasteiger partial charge in [0.15, 0.2) is 5.75 Å². The molecule has 0 fully saturated rings. The zero-order valence-electron chi connectivity index (χ0n) is 15.1. The minimum atomic E-state index is -1.07. The summed E-state index contributed by atoms with van der Waals surface area (Å²) in [6.07, 6.45) is 0. The Morgan fingerprint density at radius 2 is 1.34 bits per heavy atom. The van der Waals surface area contributed by atoms with Crippen molar-refractivity contribution in [3.05, 3.63) is 57.6 Å². The van der Waals surface area contributed by atoms with E-state index < -0.39 is 40.1 Å². The molecule has 6 N–H and O–H groups in total. The van der Waals surface area contributed by atoms with E-state index in [0.717, 1.165) is 12.1 Å². The van der Waals surface area contributed by atoms with Crippen LogP contribution in [0.15, 0.2) is 36.4 Å². The lowest BCUT2D eigenvalue weighted by atomic mass is 10.0. The Morgan fingerprint density at radius 1 is 0.931 bits per heavy atom. The molecule has 0 amide bonds. The number of phenolic OH excluding ortho intramolecular Hbond substituents is 2. The summed E-state index contributed by atoms with van der Waals surface area (Å²) in [5.74, 6) is -3.94. The largest absolute Gasteiger partial charge is 0.506 e. The third-order valence-corrected chi connectivity index (χ3v) is 3.99. The smallest absolute Gasteiger partial charge is 0.310 e. The van der Waals surface area contributed by atoms with Crippen molar-refractivity contribution in [1.29, 1.82) is 0 Å². The van der Waals surface area contributed by atoms with Gasteiger partial charge in [-0.2, -0.15) is 0 Å². The van der Waals surface area contributed by atoms with Crippen LogP contribution in [0.2, 0.25) is 0 Å². The van der Waals surface area contributed by atoms with Crippen molar-refractivity contribution >= 4 is 23.3 Å². The molecular formula is C19H24N2O8. The number of hydrogen-bond donors (Lipinski definition) is 5. The molecule has 2 aromatic carbocycles. The number of aliphatic carboxylic acids is 2. The first-order chi connectivity index (χ1) is 13.0. The van der Waals surface area contributed by atoms with Crippen molar-refractivity contribution in [2.45, 2.75) is 33.1 Å². The molecular weight excluding hydrogens is 384 g/mol. The second kappa shape index (κ2) is 10.5. The lowest BCUT2D eigenvalue weighted by Gasteiger charge is -2.07. The van der Waals surface area contributed by atoms with Crippen molar-refractivity contribution in [1.82, 2.24) is 0 Å². The van der Waals surface area contributed by atoms with E-state index in [2.05, 4.69) is 0 Å². The van der Waals surface area contributed by atoms with Gasteiger partial charge < -0.3 is 26.2 Å². The van der Waals surface area contributed by atoms with Crippen molar-refractivity contribution in [3.8, 4) is 11.5 Å². The number of carboxylic acid groups (broad SMARTS) is 2. The molecule has 2 aromatic rings. The fraction of sp³-hybridized carbons (Fsp3) is 0.263. The van der Waals surface area contributed by atoms with Gasteiger partial charge in [-0.1, -0.05) is 19.6 Å². The molecule has 2 rings (SSSR count). The molecule has 0 saturated heterocycles. The van der Waals surface area contributed by atoms with Gasteiger partial charge >= 0.3 is 17.6 Å². The zero-order valence-corrected chi connectivity index (χ0v) is 15.1. The second-order valence-electron chi connectivity index (χ2n) is 5.94. The van der Waals surface area contributed by atoms with Crippen LogP contribution in [0.25, 0.3) is 0 Å². The number of nitro benzene ring substituents is 1. The highest BCUT2D eigenvalue weighted by molar-refractivity contribution is 5.76. The van der Waals surface area contributed by atoms with E-state index in [1.54, 1.807) is 13.0 Å². The van der Waals surface area contributed by atoms with Crippen LogP contribution in [-0.4, -0.2) is 37.3 Å². The second-order valence-corrected chi connectivity index (χ2v) is 5.94. The maximum Gasteiger partial charge on any atom is 0.310 e. The number of anilines is 1. The Morgan fingerprint density at radius 3 is 1.72 bits per heavy atom. The number of nitrogens with two attached hydrogens (primary N) is 1. The van der Waals surface area contributed by atoms with Gasteiger partial charge in [0.25, 0.3) is 0 Å². The van der Waals surface area contributed by atoms with Gasteiger partial charge in [0.2, 0.25) is 0 Å². The van der Waals surface area contributed by atoms with E-state index in [0.29, 0.717) is 5.56 Å². The van der Waals surface area contributed by atoms with Gasteiger partial charge in [-0.15, -0.1) is 0 Å². The lowest BCUT2D eigenvalue weighted by Crippen LogP contribution is -2.07. The summed E-state index contributed by atoms with van der Waals surface area (Å²) < 4.78 is 0. The van der Waals surface area contributed by atoms with Gasteiger partial charge in [-0.3, -0.25) is 19.7 Å². The van der Waals surface area contributed by atoms with Gasteiger partial charge in [-0.05, 0) is 43.2 Å². The first-order valence-electron chi connectivity index (χ1n) is 7.97. The number of carboxylic acids is 2. The van der Waals surface area contributed by atoms with E-state index in [1.165, 1.54) is 25.1 Å². The Labute approximate surface area is 167 Å². The van der Waals surface area contributed by atoms with Crippen LogP contribution in [0.5, 0.6) is 11.5 Å². The fourth-order valence-corrected chi connectivity index (χ4v) is 2.08. The number of nitrogens with zero attached hydrogens (tertiary/aromatic N) is 1. The summed E-state index contributed by atoms with van der Waals surface area (Å²) in [5, 5.41) is 46.1. The van der Waals surface area contributed by atoms with Gasteiger partial charge in [0.05, 0.1) is 22.4 Å². The topological polar surface area (TPSA) is 184 Å². The average molecular weight is 408 g/mol. The summed E-state index contributed by atoms with van der Waals surface area (Å²) in [6.45, 7) is 2.98. The molecule has 10 nitrogen and oxygen atoms in total. The first-order valence-corrected chi connectivity index (χ1v) is 7.97. The molecule has 0 spiro atoms. The quantitative estimate of drug-likeness (QED) is 0.214. The van der Waals surface area contributed by atoms with Crippen LogP contribution in [0.1, 0.15) is 44.2 Å². The van der Waals surface area contributed by atoms with Crippen molar-refractivity contribution in [2.24, 2.45) is 0 Å². The third kappa shape index (κ3) is 6.69. The number of carbonyl (C=O) groups is 2. The molecule has 0 bridgehead atoms. The number of benzene rings is 2. The van der Waals surface area contributed by atoms with E-state index in [-0.39, 0.29) is 24.4 Å². The molecule has 10 heteroatoms. The van der Waals surface area contributed by atoms with Crippen molar-refractivity contribution in [2.75, 3.05) is 5.73 Å². The minimum Gasteiger partial charge on any atom is -0.506 e. The number of phenols is 2. The van der Waals surface area contributed by atoms with Gasteiger partial charge in [-0.25, -0.2) is 0 Å². The highest BCUT2D eigenvalue weighted by Crippen LogP contribution is 2.29. The Bertz CT molecular complexity index is 898. The molecule has 2 unspecified atom stereocenters. The lowest BCUT2D eigenvalue weighted by molar-refractivity contribution is -0.385. The third-order valence-electron chi connectivity index (χ3n) is 3.99. The maximum atomic E-state index is 10.6. The molecule has 0 aliphatic heterocycles. The standard InChI is InChI=1S/C9H9NO5.C9H11NO3.CH4/c1-5(9(12)13)6-2-3-8(11)7(4-6)10(14)15;1-5(9(12)13)6-2-3-8(11)7(10)4-6;/h2-5,11H,1H3,(H,12,13);2-5,11H,10H2,1H3,(H,12,13);1H4. The molecule has 0 aromatic heterocycles. The predicted octanol–water partition coefficient (Wildman–Crippen LogP) is 3.29. The summed E-state index contributed by atoms with van der Waals surface area (Å²) in [5.41, 5.74) is 6.00. The number of aromatic hydroxyl groups is 2. The highest BCUT2D eigenvalue weighted by atomic mass is 16.6. The average Bonchev–Trinajstić information content (AvgIpc) is 2.63. The van der Waals surface area contributed by atoms with Crippen LogP contribution < -0.4 is 5.73 Å². The molecule has 0 aliphatic carbocycles. The van der Waals surface area contributed by atoms with Crippen LogP contribution in [0.3, 0.4) is 0 Å². The molecule has 0 heterocycles. The Balaban J connectivity index is 0.000000527. The monoisotopic (exact) mass is 408 g/mol. The summed E-state index contributed by atoms with van der Waals surface area (Å²) in [6, 6.07) is 7.94. The van der Waals surface area contributed by atoms with E-state index in [1.807, 2.05) is 0 Å². The normalized spacial score (nSPS) is 11.8. The maximum absolute atomic E-state index is 10.6. The van der Waals surface area contributed by atoms with Crippen molar-refractivity contribution in [3.63, 3.8) is 0 Å². The summed E-state index contributed by atoms with van der Waals surface area (Å²) in [7, 11) is 0. The number of rotatable bonds is 5. The number of hydrogen-bond acceptors (Lipinski definition) is 7. The van der Waals surface area contributed by atoms with Gasteiger partial charge in [0, 0.05) is 6.07 Å². The molecule has 2 atom stereocenters. The molecule has 29 heavy (non-hydrogen) atoms. The number of nitro groups is 1. The zero-order chi connectivity index (χ0) is 21.6. The highest BCUT2D eigenvalue weighted by Gasteiger charge is 2.19. The molecule has 0 saturated carbocycles. The first kappa shape index (κ1) is 25.2. The Kier molecular flexibility index (Phi) is 9.11. The van der Waals surface area contributed by atoms with E-state index >= 15 is 0 Å². The van der Waals surface area contributed by atoms with Crippen LogP contribution in [0, 0.1) is 10.1 Å². The van der Waals surface area contributed by atoms with Crippen LogP contribution in [0.4, 0.5) is 11.4 Å². The van der Waals surface area contributed by atoms with Gasteiger partial charge in [0.1, 0.15) is 5.75 Å². The predicted molar refractivity (Wildman–Crippen MR) is 106 cm³/mol. The Hall–Kier alpha value is -3.82. The molecule has 0 radical (unpaired) electrons. The molecule has 158 valence electrons. The van der Waals surface area contributed by atoms with E-state index in [9.17, 15) is 19.7 Å². The minimum absolute atomic E-state index is 0. The number of nitrogen functional groups attached to an aromatic ring is 1. The fourth-order valence-electron chi connectivity index (χ4n) is 2.08.